The largest absolute Gasteiger partial charge is 0.379 e. The number of amides is 2. The summed E-state index contributed by atoms with van der Waals surface area (Å²) in [5.74, 6) is 0. The number of hydrogen-bond acceptors (Lipinski definition) is 2. The molecule has 1 aromatic rings. The Balaban J connectivity index is 1.84. The van der Waals surface area contributed by atoms with Gasteiger partial charge in [0.2, 0.25) is 0 Å². The summed E-state index contributed by atoms with van der Waals surface area (Å²) < 4.78 is 5.24. The minimum Gasteiger partial charge on any atom is -0.379 e. The number of rotatable bonds is 3. The zero-order chi connectivity index (χ0) is 13.0. The van der Waals surface area contributed by atoms with Crippen LogP contribution in [0.2, 0.25) is 0 Å². The Morgan fingerprint density at radius 2 is 2.17 bits per heavy atom. The molecular formula is C14H20N2O2. The normalized spacial score (nSPS) is 18.7. The highest BCUT2D eigenvalue weighted by Crippen LogP contribution is 2.07. The fourth-order valence-corrected chi connectivity index (χ4v) is 1.97. The van der Waals surface area contributed by atoms with Crippen molar-refractivity contribution in [1.29, 1.82) is 0 Å². The van der Waals surface area contributed by atoms with Crippen LogP contribution in [0.1, 0.15) is 17.5 Å². The van der Waals surface area contributed by atoms with Crippen LogP contribution < -0.4 is 5.32 Å². The third-order valence-corrected chi connectivity index (χ3v) is 3.14. The first kappa shape index (κ1) is 12.9. The molecule has 1 unspecified atom stereocenters. The van der Waals surface area contributed by atoms with Crippen molar-refractivity contribution in [2.24, 2.45) is 0 Å². The van der Waals surface area contributed by atoms with Crippen LogP contribution in [0.5, 0.6) is 0 Å². The molecule has 1 N–H and O–H groups in total. The van der Waals surface area contributed by atoms with Crippen molar-refractivity contribution in [3.05, 3.63) is 35.4 Å². The van der Waals surface area contributed by atoms with Crippen LogP contribution in [0, 0.1) is 6.92 Å². The molecule has 1 saturated heterocycles. The average Bonchev–Trinajstić information content (AvgIpc) is 2.85. The van der Waals surface area contributed by atoms with Gasteiger partial charge in [0.25, 0.3) is 0 Å². The second kappa shape index (κ2) is 5.87. The molecule has 18 heavy (non-hydrogen) atoms. The highest BCUT2D eigenvalue weighted by molar-refractivity contribution is 5.74. The summed E-state index contributed by atoms with van der Waals surface area (Å²) in [6.45, 7) is 4.05. The smallest absolute Gasteiger partial charge is 0.317 e. The van der Waals surface area contributed by atoms with Gasteiger partial charge in [0.1, 0.15) is 0 Å². The number of ether oxygens (including phenoxy) is 1. The highest BCUT2D eigenvalue weighted by atomic mass is 16.5. The molecule has 0 radical (unpaired) electrons. The van der Waals surface area contributed by atoms with Crippen LogP contribution in [0.15, 0.2) is 24.3 Å². The van der Waals surface area contributed by atoms with E-state index in [-0.39, 0.29) is 12.1 Å². The van der Waals surface area contributed by atoms with Gasteiger partial charge in [0, 0.05) is 20.2 Å². The molecule has 2 rings (SSSR count). The molecular weight excluding hydrogens is 228 g/mol. The number of carbonyl (C=O) groups excluding carboxylic acids is 1. The molecule has 1 atom stereocenters. The van der Waals surface area contributed by atoms with E-state index in [2.05, 4.69) is 36.5 Å². The van der Waals surface area contributed by atoms with Crippen LogP contribution in [0.25, 0.3) is 0 Å². The van der Waals surface area contributed by atoms with Gasteiger partial charge < -0.3 is 15.0 Å². The van der Waals surface area contributed by atoms with E-state index in [1.165, 1.54) is 5.56 Å². The molecule has 0 aliphatic carbocycles. The molecule has 0 aromatic heterocycles. The Kier molecular flexibility index (Phi) is 4.20. The van der Waals surface area contributed by atoms with Crippen LogP contribution in [0.3, 0.4) is 0 Å². The second-order valence-corrected chi connectivity index (χ2v) is 4.85. The van der Waals surface area contributed by atoms with Gasteiger partial charge in [-0.2, -0.15) is 0 Å². The van der Waals surface area contributed by atoms with Gasteiger partial charge >= 0.3 is 6.03 Å². The molecule has 4 nitrogen and oxygen atoms in total. The molecule has 1 fully saturated rings. The lowest BCUT2D eigenvalue weighted by atomic mass is 10.1. The van der Waals surface area contributed by atoms with E-state index in [9.17, 15) is 4.79 Å². The Bertz CT molecular complexity index is 397. The van der Waals surface area contributed by atoms with Crippen molar-refractivity contribution in [2.75, 3.05) is 20.3 Å². The Hall–Kier alpha value is -1.55. The van der Waals surface area contributed by atoms with Crippen LogP contribution in [-0.2, 0) is 11.3 Å². The zero-order valence-electron chi connectivity index (χ0n) is 11.0. The summed E-state index contributed by atoms with van der Waals surface area (Å²) in [7, 11) is 1.81. The molecule has 2 amide bonds. The maximum absolute atomic E-state index is 11.9. The topological polar surface area (TPSA) is 41.6 Å². The number of aryl methyl sites for hydroxylation is 1. The van der Waals surface area contributed by atoms with E-state index in [1.54, 1.807) is 4.90 Å². The minimum atomic E-state index is -0.0360. The summed E-state index contributed by atoms with van der Waals surface area (Å²) in [5, 5.41) is 2.97. The van der Waals surface area contributed by atoms with Gasteiger partial charge in [-0.1, -0.05) is 29.8 Å². The number of urea groups is 1. The first-order valence-electron chi connectivity index (χ1n) is 6.30. The summed E-state index contributed by atoms with van der Waals surface area (Å²) in [6, 6.07) is 8.36. The van der Waals surface area contributed by atoms with Gasteiger partial charge in [0.05, 0.1) is 12.6 Å². The molecule has 0 saturated carbocycles. The molecule has 0 spiro atoms. The van der Waals surface area contributed by atoms with E-state index < -0.39 is 0 Å². The first-order chi connectivity index (χ1) is 8.65. The molecule has 1 aromatic carbocycles. The van der Waals surface area contributed by atoms with Crippen LogP contribution in [0.4, 0.5) is 4.79 Å². The summed E-state index contributed by atoms with van der Waals surface area (Å²) in [6.07, 6.45) is 0.907. The van der Waals surface area contributed by atoms with Crippen molar-refractivity contribution in [3.63, 3.8) is 0 Å². The lowest BCUT2D eigenvalue weighted by molar-refractivity contribution is 0.181. The van der Waals surface area contributed by atoms with Crippen molar-refractivity contribution in [3.8, 4) is 0 Å². The second-order valence-electron chi connectivity index (χ2n) is 4.85. The Labute approximate surface area is 108 Å². The number of nitrogens with zero attached hydrogens (tertiary/aromatic N) is 1. The number of carbonyl (C=O) groups is 1. The van der Waals surface area contributed by atoms with E-state index in [0.717, 1.165) is 18.6 Å². The number of benzene rings is 1. The van der Waals surface area contributed by atoms with Gasteiger partial charge in [-0.15, -0.1) is 0 Å². The van der Waals surface area contributed by atoms with Crippen molar-refractivity contribution < 1.29 is 9.53 Å². The predicted octanol–water partition coefficient (Wildman–Crippen LogP) is 1.93. The van der Waals surface area contributed by atoms with Crippen molar-refractivity contribution >= 4 is 6.03 Å². The lowest BCUT2D eigenvalue weighted by Crippen LogP contribution is -2.43. The molecule has 4 heteroatoms. The van der Waals surface area contributed by atoms with Crippen molar-refractivity contribution in [2.45, 2.75) is 25.9 Å². The van der Waals surface area contributed by atoms with E-state index >= 15 is 0 Å². The SMILES string of the molecule is Cc1ccc(CN(C)C(=O)NC2CCOC2)cc1. The minimum absolute atomic E-state index is 0.0360. The molecule has 1 heterocycles. The molecule has 0 bridgehead atoms. The maximum Gasteiger partial charge on any atom is 0.317 e. The summed E-state index contributed by atoms with van der Waals surface area (Å²) >= 11 is 0. The van der Waals surface area contributed by atoms with Gasteiger partial charge in [-0.05, 0) is 18.9 Å². The standard InChI is InChI=1S/C14H20N2O2/c1-11-3-5-12(6-4-11)9-16(2)14(17)15-13-7-8-18-10-13/h3-6,13H,7-10H2,1-2H3,(H,15,17). The monoisotopic (exact) mass is 248 g/mol. The third kappa shape index (κ3) is 3.47. The highest BCUT2D eigenvalue weighted by Gasteiger charge is 2.19. The number of nitrogens with one attached hydrogen (secondary N) is 1. The van der Waals surface area contributed by atoms with Gasteiger partial charge in [0.15, 0.2) is 0 Å². The van der Waals surface area contributed by atoms with E-state index in [0.29, 0.717) is 13.2 Å². The van der Waals surface area contributed by atoms with Crippen molar-refractivity contribution in [1.82, 2.24) is 10.2 Å². The zero-order valence-corrected chi connectivity index (χ0v) is 11.0. The van der Waals surface area contributed by atoms with Crippen LogP contribution >= 0.6 is 0 Å². The maximum atomic E-state index is 11.9. The predicted molar refractivity (Wildman–Crippen MR) is 70.4 cm³/mol. The molecule has 1 aliphatic heterocycles. The fraction of sp³-hybridized carbons (Fsp3) is 0.500. The Morgan fingerprint density at radius 3 is 2.78 bits per heavy atom. The van der Waals surface area contributed by atoms with E-state index in [1.807, 2.05) is 7.05 Å². The quantitative estimate of drug-likeness (QED) is 0.888. The summed E-state index contributed by atoms with van der Waals surface area (Å²) in [4.78, 5) is 13.6. The molecule has 98 valence electrons. The number of hydrogen-bond donors (Lipinski definition) is 1. The lowest BCUT2D eigenvalue weighted by Gasteiger charge is -2.20. The van der Waals surface area contributed by atoms with Gasteiger partial charge in [-0.25, -0.2) is 4.79 Å². The summed E-state index contributed by atoms with van der Waals surface area (Å²) in [5.41, 5.74) is 2.37. The van der Waals surface area contributed by atoms with E-state index in [4.69, 9.17) is 4.74 Å². The first-order valence-corrected chi connectivity index (χ1v) is 6.30. The average molecular weight is 248 g/mol. The fourth-order valence-electron chi connectivity index (χ4n) is 1.97. The Morgan fingerprint density at radius 1 is 1.44 bits per heavy atom. The van der Waals surface area contributed by atoms with Gasteiger partial charge in [-0.3, -0.25) is 0 Å². The third-order valence-electron chi connectivity index (χ3n) is 3.14. The molecule has 1 aliphatic rings. The van der Waals surface area contributed by atoms with Crippen LogP contribution in [-0.4, -0.2) is 37.2 Å².